The molecule has 2 atom stereocenters. The summed E-state index contributed by atoms with van der Waals surface area (Å²) < 4.78 is 0. The lowest BCUT2D eigenvalue weighted by Gasteiger charge is -2.22. The molecule has 1 fully saturated rings. The van der Waals surface area contributed by atoms with Crippen molar-refractivity contribution in [3.05, 3.63) is 36.4 Å². The van der Waals surface area contributed by atoms with E-state index in [4.69, 9.17) is 11.0 Å². The van der Waals surface area contributed by atoms with Crippen LogP contribution in [0.15, 0.2) is 30.8 Å². The minimum atomic E-state index is -0.719. The minimum absolute atomic E-state index is 0.0475. The Kier molecular flexibility index (Phi) is 13.4. The van der Waals surface area contributed by atoms with Crippen LogP contribution in [0.3, 0.4) is 0 Å². The summed E-state index contributed by atoms with van der Waals surface area (Å²) in [7, 11) is 1.91. The molecule has 0 saturated carbocycles. The standard InChI is InChI=1S/C10H14BN3O3.C9H11N.C4H10/c1-11(6-12)3-9(16)14-4-7(5-15)2-8(14)10(13)17;1-3-8-4-6-9(10-2)7-5-8;1-4(2)3/h5,7-8H,2-4H2,1H3,(H2,13,17);3-7,10H,1H2,2H3;4H,1-3H3. The maximum Gasteiger partial charge on any atom is 0.274 e. The second-order valence-corrected chi connectivity index (χ2v) is 8.14. The van der Waals surface area contributed by atoms with Gasteiger partial charge in [0.2, 0.25) is 11.8 Å². The minimum Gasteiger partial charge on any atom is -0.388 e. The second kappa shape index (κ2) is 14.8. The fourth-order valence-electron chi connectivity index (χ4n) is 2.72. The molecule has 31 heavy (non-hydrogen) atoms. The summed E-state index contributed by atoms with van der Waals surface area (Å²) in [5, 5.41) is 11.7. The number of nitriles is 1. The number of primary amides is 1. The van der Waals surface area contributed by atoms with Crippen LogP contribution in [0.5, 0.6) is 0 Å². The fourth-order valence-corrected chi connectivity index (χ4v) is 2.72. The van der Waals surface area contributed by atoms with Gasteiger partial charge in [-0.05, 0) is 30.0 Å². The summed E-state index contributed by atoms with van der Waals surface area (Å²) in [6, 6.07) is 7.38. The average molecular weight is 426 g/mol. The van der Waals surface area contributed by atoms with E-state index in [1.165, 1.54) is 4.90 Å². The Morgan fingerprint density at radius 3 is 2.29 bits per heavy atom. The van der Waals surface area contributed by atoms with Crippen molar-refractivity contribution < 1.29 is 14.4 Å². The third-order valence-corrected chi connectivity index (χ3v) is 4.31. The molecule has 0 aromatic heterocycles. The first-order valence-corrected chi connectivity index (χ1v) is 10.4. The lowest BCUT2D eigenvalue weighted by molar-refractivity contribution is -0.135. The Morgan fingerprint density at radius 1 is 1.35 bits per heavy atom. The number of anilines is 1. The van der Waals surface area contributed by atoms with Crippen LogP contribution in [0.1, 0.15) is 32.8 Å². The normalized spacial score (nSPS) is 16.6. The average Bonchev–Trinajstić information content (AvgIpc) is 3.19. The van der Waals surface area contributed by atoms with Crippen LogP contribution in [-0.4, -0.2) is 49.3 Å². The van der Waals surface area contributed by atoms with Crippen molar-refractivity contribution in [3.63, 3.8) is 0 Å². The molecular weight excluding hydrogens is 391 g/mol. The number of nitrogens with zero attached hydrogens (tertiary/aromatic N) is 2. The summed E-state index contributed by atoms with van der Waals surface area (Å²) in [6.07, 6.45) is 2.90. The molecule has 0 spiro atoms. The Morgan fingerprint density at radius 2 is 1.90 bits per heavy atom. The molecule has 3 N–H and O–H groups in total. The molecule has 1 heterocycles. The van der Waals surface area contributed by atoms with Gasteiger partial charge < -0.3 is 20.7 Å². The highest BCUT2D eigenvalue weighted by Crippen LogP contribution is 2.22. The van der Waals surface area contributed by atoms with Gasteiger partial charge in [0.15, 0.2) is 0 Å². The van der Waals surface area contributed by atoms with Gasteiger partial charge in [0.25, 0.3) is 6.71 Å². The number of likely N-dealkylation sites (tertiary alicyclic amines) is 1. The van der Waals surface area contributed by atoms with E-state index in [-0.39, 0.29) is 31.1 Å². The van der Waals surface area contributed by atoms with Crippen LogP contribution < -0.4 is 11.1 Å². The van der Waals surface area contributed by atoms with Gasteiger partial charge in [0.05, 0.1) is 0 Å². The molecule has 1 aliphatic heterocycles. The zero-order valence-corrected chi connectivity index (χ0v) is 19.3. The number of amides is 2. The van der Waals surface area contributed by atoms with Crippen LogP contribution in [0.2, 0.25) is 13.1 Å². The van der Waals surface area contributed by atoms with E-state index in [0.717, 1.165) is 23.5 Å². The van der Waals surface area contributed by atoms with Gasteiger partial charge in [0.1, 0.15) is 12.3 Å². The molecule has 168 valence electrons. The van der Waals surface area contributed by atoms with Crippen molar-refractivity contribution in [2.45, 2.75) is 46.4 Å². The highest BCUT2D eigenvalue weighted by atomic mass is 16.2. The summed E-state index contributed by atoms with van der Waals surface area (Å²) in [6.45, 7) is 11.6. The van der Waals surface area contributed by atoms with Gasteiger partial charge >= 0.3 is 0 Å². The first-order chi connectivity index (χ1) is 14.6. The Bertz CT molecular complexity index is 756. The molecule has 0 bridgehead atoms. The third-order valence-electron chi connectivity index (χ3n) is 4.31. The van der Waals surface area contributed by atoms with E-state index in [9.17, 15) is 14.4 Å². The lowest BCUT2D eigenvalue weighted by Crippen LogP contribution is -2.44. The second-order valence-electron chi connectivity index (χ2n) is 8.14. The molecule has 1 saturated heterocycles. The Hall–Kier alpha value is -3.08. The topological polar surface area (TPSA) is 116 Å². The number of hydrogen-bond acceptors (Lipinski definition) is 5. The van der Waals surface area contributed by atoms with Crippen LogP contribution in [0, 0.1) is 23.1 Å². The van der Waals surface area contributed by atoms with E-state index in [1.807, 2.05) is 43.4 Å². The smallest absolute Gasteiger partial charge is 0.274 e. The molecular formula is C23H35BN4O3. The highest BCUT2D eigenvalue weighted by molar-refractivity contribution is 6.68. The monoisotopic (exact) mass is 426 g/mol. The molecule has 8 heteroatoms. The maximum atomic E-state index is 11.8. The SMILES string of the molecule is C=Cc1ccc(NC)cc1.CB(C#N)CC(=O)N1CC(C=O)CC1C(N)=O.CC(C)C. The van der Waals surface area contributed by atoms with Crippen LogP contribution in [0.25, 0.3) is 6.08 Å². The van der Waals surface area contributed by atoms with Gasteiger partial charge in [-0.25, -0.2) is 5.26 Å². The molecule has 0 aliphatic carbocycles. The van der Waals surface area contributed by atoms with Crippen molar-refractivity contribution in [2.24, 2.45) is 17.6 Å². The van der Waals surface area contributed by atoms with Gasteiger partial charge in [-0.2, -0.15) is 0 Å². The molecule has 0 radical (unpaired) electrons. The lowest BCUT2D eigenvalue weighted by atomic mass is 9.51. The molecule has 2 rings (SSSR count). The van der Waals surface area contributed by atoms with Crippen LogP contribution in [0.4, 0.5) is 5.69 Å². The van der Waals surface area contributed by atoms with Crippen molar-refractivity contribution in [1.82, 2.24) is 4.90 Å². The molecule has 1 aromatic carbocycles. The van der Waals surface area contributed by atoms with Crippen LogP contribution in [-0.2, 0) is 14.4 Å². The fraction of sp³-hybridized carbons (Fsp3) is 0.478. The van der Waals surface area contributed by atoms with Crippen molar-refractivity contribution in [1.29, 1.82) is 5.26 Å². The summed E-state index contributed by atoms with van der Waals surface area (Å²) >= 11 is 0. The van der Waals surface area contributed by atoms with Gasteiger partial charge in [0, 0.05) is 37.5 Å². The number of rotatable bonds is 6. The number of nitrogens with two attached hydrogens (primary N) is 1. The highest BCUT2D eigenvalue weighted by Gasteiger charge is 2.38. The number of nitrogens with one attached hydrogen (secondary N) is 1. The zero-order valence-electron chi connectivity index (χ0n) is 19.3. The Balaban J connectivity index is 0.000000540. The van der Waals surface area contributed by atoms with E-state index < -0.39 is 18.7 Å². The molecule has 2 unspecified atom stereocenters. The molecule has 1 aliphatic rings. The predicted octanol–water partition coefficient (Wildman–Crippen LogP) is 3.11. The maximum absolute atomic E-state index is 11.8. The summed E-state index contributed by atoms with van der Waals surface area (Å²) in [5.41, 5.74) is 7.47. The first kappa shape index (κ1) is 27.9. The first-order valence-electron chi connectivity index (χ1n) is 10.4. The number of carbonyl (C=O) groups is 3. The van der Waals surface area contributed by atoms with E-state index >= 15 is 0 Å². The van der Waals surface area contributed by atoms with Gasteiger partial charge in [-0.1, -0.05) is 52.4 Å². The van der Waals surface area contributed by atoms with E-state index in [2.05, 4.69) is 32.7 Å². The van der Waals surface area contributed by atoms with Crippen molar-refractivity contribution >= 4 is 36.6 Å². The number of carbonyl (C=O) groups excluding carboxylic acids is 3. The van der Waals surface area contributed by atoms with Gasteiger partial charge in [-0.15, -0.1) is 0 Å². The molecule has 7 nitrogen and oxygen atoms in total. The number of hydrogen-bond donors (Lipinski definition) is 2. The van der Waals surface area contributed by atoms with E-state index in [1.54, 1.807) is 6.82 Å². The van der Waals surface area contributed by atoms with Gasteiger partial charge in [-0.3, -0.25) is 9.59 Å². The predicted molar refractivity (Wildman–Crippen MR) is 127 cm³/mol. The largest absolute Gasteiger partial charge is 0.388 e. The summed E-state index contributed by atoms with van der Waals surface area (Å²) in [5.74, 6) is 1.55. The summed E-state index contributed by atoms with van der Waals surface area (Å²) in [4.78, 5) is 35.0. The number of benzene rings is 1. The quantitative estimate of drug-likeness (QED) is 0.536. The number of aldehydes is 1. The molecule has 2 amide bonds. The third kappa shape index (κ3) is 11.0. The molecule has 1 aromatic rings. The zero-order chi connectivity index (χ0) is 24.0. The van der Waals surface area contributed by atoms with E-state index in [0.29, 0.717) is 0 Å². The van der Waals surface area contributed by atoms with Crippen molar-refractivity contribution in [3.8, 4) is 5.97 Å². The van der Waals surface area contributed by atoms with Crippen molar-refractivity contribution in [2.75, 3.05) is 18.9 Å². The Labute approximate surface area is 186 Å². The van der Waals surface area contributed by atoms with Crippen LogP contribution >= 0.6 is 0 Å².